The number of ether oxygens (including phenoxy) is 1. The van der Waals surface area contributed by atoms with Crippen LogP contribution in [0.25, 0.3) is 0 Å². The Hall–Kier alpha value is 0.0500. The largest absolute Gasteiger partial charge is 0.465 e. The van der Waals surface area contributed by atoms with Crippen molar-refractivity contribution in [1.82, 2.24) is 0 Å². The van der Waals surface area contributed by atoms with E-state index in [0.29, 0.717) is 13.0 Å². The first-order valence-electron chi connectivity index (χ1n) is 7.60. The molecule has 0 heterocycles. The Morgan fingerprint density at radius 2 is 1.79 bits per heavy atom. The first-order chi connectivity index (χ1) is 9.15. The van der Waals surface area contributed by atoms with Crippen molar-refractivity contribution in [3.8, 4) is 0 Å². The fraction of sp³-hybridized carbons (Fsp3) is 0.933. The van der Waals surface area contributed by atoms with Crippen LogP contribution in [0, 0.1) is 5.92 Å². The second kappa shape index (κ2) is 9.88. The Bertz CT molecular complexity index is 259. The van der Waals surface area contributed by atoms with E-state index < -0.39 is 0 Å². The van der Waals surface area contributed by atoms with Gasteiger partial charge in [0.1, 0.15) is 0 Å². The maximum atomic E-state index is 11.9. The van der Waals surface area contributed by atoms with Crippen molar-refractivity contribution in [3.05, 3.63) is 0 Å². The molecule has 2 nitrogen and oxygen atoms in total. The molecule has 0 saturated heterocycles. The molecule has 1 aliphatic rings. The lowest BCUT2D eigenvalue weighted by atomic mass is 9.88. The van der Waals surface area contributed by atoms with Gasteiger partial charge in [-0.2, -0.15) is 0 Å². The third-order valence-corrected chi connectivity index (χ3v) is 4.63. The summed E-state index contributed by atoms with van der Waals surface area (Å²) in [7, 11) is 0. The number of rotatable bonds is 8. The van der Waals surface area contributed by atoms with Gasteiger partial charge in [-0.15, -0.1) is 23.2 Å². The van der Waals surface area contributed by atoms with Crippen LogP contribution in [-0.4, -0.2) is 23.3 Å². The molecule has 0 radical (unpaired) electrons. The van der Waals surface area contributed by atoms with E-state index in [-0.39, 0.29) is 22.6 Å². The highest BCUT2D eigenvalue weighted by Crippen LogP contribution is 2.32. The molecular formula is C15H26Cl2O2. The molecule has 3 atom stereocenters. The molecule has 0 aromatic carbocycles. The van der Waals surface area contributed by atoms with Gasteiger partial charge in [0.05, 0.1) is 12.5 Å². The normalized spacial score (nSPS) is 27.2. The number of halogens is 2. The fourth-order valence-electron chi connectivity index (χ4n) is 2.50. The maximum Gasteiger partial charge on any atom is 0.310 e. The van der Waals surface area contributed by atoms with E-state index in [1.165, 1.54) is 25.7 Å². The van der Waals surface area contributed by atoms with Crippen LogP contribution in [0.2, 0.25) is 0 Å². The molecule has 0 N–H and O–H groups in total. The molecule has 0 amide bonds. The summed E-state index contributed by atoms with van der Waals surface area (Å²) in [5, 5.41) is -0.0431. The van der Waals surface area contributed by atoms with Crippen molar-refractivity contribution in [2.75, 3.05) is 6.61 Å². The maximum absolute atomic E-state index is 11.9. The molecule has 1 fully saturated rings. The predicted octanol–water partition coefficient (Wildman–Crippen LogP) is 4.91. The quantitative estimate of drug-likeness (QED) is 0.362. The zero-order valence-corrected chi connectivity index (χ0v) is 13.4. The zero-order valence-electron chi connectivity index (χ0n) is 11.9. The Labute approximate surface area is 127 Å². The Morgan fingerprint density at radius 1 is 1.11 bits per heavy atom. The summed E-state index contributed by atoms with van der Waals surface area (Å²) >= 11 is 12.2. The molecule has 0 aliphatic heterocycles. The van der Waals surface area contributed by atoms with Crippen molar-refractivity contribution in [2.24, 2.45) is 5.92 Å². The van der Waals surface area contributed by atoms with Crippen molar-refractivity contribution < 1.29 is 9.53 Å². The van der Waals surface area contributed by atoms with E-state index >= 15 is 0 Å². The number of hydrogen-bond donors (Lipinski definition) is 0. The van der Waals surface area contributed by atoms with Gasteiger partial charge in [-0.3, -0.25) is 4.79 Å². The smallest absolute Gasteiger partial charge is 0.310 e. The summed E-state index contributed by atoms with van der Waals surface area (Å²) in [6.07, 6.45) is 9.53. The van der Waals surface area contributed by atoms with Gasteiger partial charge in [-0.1, -0.05) is 39.0 Å². The van der Waals surface area contributed by atoms with Crippen LogP contribution in [0.15, 0.2) is 0 Å². The van der Waals surface area contributed by atoms with Crippen LogP contribution in [0.4, 0.5) is 0 Å². The van der Waals surface area contributed by atoms with Crippen molar-refractivity contribution in [1.29, 1.82) is 0 Å². The average Bonchev–Trinajstić information content (AvgIpc) is 2.37. The van der Waals surface area contributed by atoms with Gasteiger partial charge in [-0.05, 0) is 25.7 Å². The van der Waals surface area contributed by atoms with Gasteiger partial charge < -0.3 is 4.74 Å². The second-order valence-electron chi connectivity index (χ2n) is 5.47. The topological polar surface area (TPSA) is 26.3 Å². The minimum absolute atomic E-state index is 0.116. The lowest BCUT2D eigenvalue weighted by Gasteiger charge is -2.28. The molecule has 3 unspecified atom stereocenters. The number of unbranched alkanes of at least 4 members (excludes halogenated alkanes) is 5. The summed E-state index contributed by atoms with van der Waals surface area (Å²) in [4.78, 5) is 11.9. The van der Waals surface area contributed by atoms with Gasteiger partial charge in [0.25, 0.3) is 0 Å². The van der Waals surface area contributed by atoms with Crippen LogP contribution in [0.5, 0.6) is 0 Å². The highest BCUT2D eigenvalue weighted by atomic mass is 35.5. The monoisotopic (exact) mass is 308 g/mol. The minimum Gasteiger partial charge on any atom is -0.465 e. The summed E-state index contributed by atoms with van der Waals surface area (Å²) < 4.78 is 5.33. The van der Waals surface area contributed by atoms with E-state index in [0.717, 1.165) is 25.7 Å². The van der Waals surface area contributed by atoms with Crippen LogP contribution in [0.3, 0.4) is 0 Å². The van der Waals surface area contributed by atoms with E-state index in [9.17, 15) is 4.79 Å². The molecular weight excluding hydrogens is 283 g/mol. The van der Waals surface area contributed by atoms with Gasteiger partial charge in [-0.25, -0.2) is 0 Å². The van der Waals surface area contributed by atoms with Crippen LogP contribution < -0.4 is 0 Å². The standard InChI is InChI=1S/C15H26Cl2O2/c1-2-3-4-5-6-7-10-19-15(18)13-9-8-12(16)11-14(13)17/h12-14H,2-11H2,1H3. The van der Waals surface area contributed by atoms with Crippen molar-refractivity contribution in [3.63, 3.8) is 0 Å². The summed E-state index contributed by atoms with van der Waals surface area (Å²) in [5.74, 6) is -0.283. The van der Waals surface area contributed by atoms with Crippen LogP contribution >= 0.6 is 23.2 Å². The summed E-state index contributed by atoms with van der Waals surface area (Å²) in [5.41, 5.74) is 0. The molecule has 112 valence electrons. The first kappa shape index (κ1) is 17.1. The SMILES string of the molecule is CCCCCCCCOC(=O)C1CCC(Cl)CC1Cl. The highest BCUT2D eigenvalue weighted by molar-refractivity contribution is 6.24. The molecule has 0 aromatic rings. The molecule has 0 spiro atoms. The van der Waals surface area contributed by atoms with Gasteiger partial charge in [0.2, 0.25) is 0 Å². The number of carbonyl (C=O) groups is 1. The van der Waals surface area contributed by atoms with Gasteiger partial charge in [0, 0.05) is 10.8 Å². The van der Waals surface area contributed by atoms with E-state index in [2.05, 4.69) is 6.92 Å². The molecule has 19 heavy (non-hydrogen) atoms. The van der Waals surface area contributed by atoms with E-state index in [4.69, 9.17) is 27.9 Å². The number of alkyl halides is 2. The van der Waals surface area contributed by atoms with Crippen LogP contribution in [-0.2, 0) is 9.53 Å². The summed E-state index contributed by atoms with van der Waals surface area (Å²) in [6, 6.07) is 0. The first-order valence-corrected chi connectivity index (χ1v) is 8.47. The number of carbonyl (C=O) groups excluding carboxylic acids is 1. The summed E-state index contributed by atoms with van der Waals surface area (Å²) in [6.45, 7) is 2.75. The Morgan fingerprint density at radius 3 is 2.47 bits per heavy atom. The van der Waals surface area contributed by atoms with Crippen molar-refractivity contribution >= 4 is 29.2 Å². The zero-order chi connectivity index (χ0) is 14.1. The molecule has 1 rings (SSSR count). The van der Waals surface area contributed by atoms with E-state index in [1.54, 1.807) is 0 Å². The third kappa shape index (κ3) is 6.85. The average molecular weight is 309 g/mol. The predicted molar refractivity (Wildman–Crippen MR) is 81.0 cm³/mol. The van der Waals surface area contributed by atoms with E-state index in [1.807, 2.05) is 0 Å². The minimum atomic E-state index is -0.159. The molecule has 0 aromatic heterocycles. The molecule has 1 aliphatic carbocycles. The number of esters is 1. The van der Waals surface area contributed by atoms with Gasteiger partial charge in [0.15, 0.2) is 0 Å². The Balaban J connectivity index is 2.07. The second-order valence-corrected chi connectivity index (χ2v) is 6.65. The molecule has 1 saturated carbocycles. The Kier molecular flexibility index (Phi) is 8.89. The molecule has 4 heteroatoms. The highest BCUT2D eigenvalue weighted by Gasteiger charge is 2.34. The lowest BCUT2D eigenvalue weighted by Crippen LogP contribution is -2.33. The van der Waals surface area contributed by atoms with Crippen LogP contribution in [0.1, 0.15) is 64.7 Å². The lowest BCUT2D eigenvalue weighted by molar-refractivity contribution is -0.149. The fourth-order valence-corrected chi connectivity index (χ4v) is 3.35. The third-order valence-electron chi connectivity index (χ3n) is 3.75. The molecule has 0 bridgehead atoms. The number of hydrogen-bond acceptors (Lipinski definition) is 2. The van der Waals surface area contributed by atoms with Crippen molar-refractivity contribution in [2.45, 2.75) is 75.5 Å². The van der Waals surface area contributed by atoms with Gasteiger partial charge >= 0.3 is 5.97 Å².